The van der Waals surface area contributed by atoms with Gasteiger partial charge in [-0.2, -0.15) is 0 Å². The third-order valence-electron chi connectivity index (χ3n) is 3.87. The Morgan fingerprint density at radius 3 is 2.55 bits per heavy atom. The molecule has 0 radical (unpaired) electrons. The van der Waals surface area contributed by atoms with E-state index in [2.05, 4.69) is 17.2 Å². The van der Waals surface area contributed by atoms with E-state index in [4.69, 9.17) is 5.11 Å². The zero-order chi connectivity index (χ0) is 16.6. The number of carboxylic acid groups (broad SMARTS) is 1. The highest BCUT2D eigenvalue weighted by Gasteiger charge is 2.44. The Hall–Kier alpha value is -1.98. The van der Waals surface area contributed by atoms with Crippen molar-refractivity contribution in [3.63, 3.8) is 0 Å². The van der Waals surface area contributed by atoms with Crippen LogP contribution in [-0.2, 0) is 14.4 Å². The number of carbonyl (C=O) groups is 3. The normalized spacial score (nSPS) is 20.8. The lowest BCUT2D eigenvalue weighted by Crippen LogP contribution is -2.48. The van der Waals surface area contributed by atoms with Crippen molar-refractivity contribution in [3.8, 4) is 0 Å². The summed E-state index contributed by atoms with van der Waals surface area (Å²) in [6.45, 7) is 4.31. The molecule has 0 fully saturated rings. The van der Waals surface area contributed by atoms with Crippen LogP contribution in [0, 0.1) is 5.92 Å². The van der Waals surface area contributed by atoms with Gasteiger partial charge in [-0.3, -0.25) is 19.4 Å². The number of rotatable bonds is 10. The number of nitrogens with one attached hydrogen (secondary N) is 1. The van der Waals surface area contributed by atoms with E-state index >= 15 is 0 Å². The molecule has 0 aliphatic carbocycles. The van der Waals surface area contributed by atoms with Gasteiger partial charge in [-0.15, -0.1) is 0 Å². The third-order valence-corrected chi connectivity index (χ3v) is 3.87. The monoisotopic (exact) mass is 308 g/mol. The summed E-state index contributed by atoms with van der Waals surface area (Å²) in [6.07, 6.45) is 7.31. The quantitative estimate of drug-likeness (QED) is 0.601. The minimum atomic E-state index is -1.26. The second-order valence-corrected chi connectivity index (χ2v) is 5.50. The van der Waals surface area contributed by atoms with E-state index in [1.807, 2.05) is 0 Å². The Labute approximate surface area is 130 Å². The molecule has 0 aromatic heterocycles. The molecule has 0 bridgehead atoms. The number of allylic oxidation sites excluding steroid dienone is 1. The lowest BCUT2D eigenvalue weighted by atomic mass is 9.80. The molecule has 1 aliphatic rings. The van der Waals surface area contributed by atoms with Gasteiger partial charge in [-0.05, 0) is 18.6 Å². The average molecular weight is 308 g/mol. The van der Waals surface area contributed by atoms with E-state index < -0.39 is 17.4 Å². The van der Waals surface area contributed by atoms with Crippen molar-refractivity contribution in [2.24, 2.45) is 10.9 Å². The van der Waals surface area contributed by atoms with Crippen molar-refractivity contribution >= 4 is 23.9 Å². The topological polar surface area (TPSA) is 95.8 Å². The van der Waals surface area contributed by atoms with Crippen LogP contribution >= 0.6 is 0 Å². The van der Waals surface area contributed by atoms with E-state index in [9.17, 15) is 14.4 Å². The first-order valence-electron chi connectivity index (χ1n) is 7.70. The highest BCUT2D eigenvalue weighted by Crippen LogP contribution is 2.30. The van der Waals surface area contributed by atoms with E-state index in [1.54, 1.807) is 19.1 Å². The molecule has 0 saturated carbocycles. The predicted octanol–water partition coefficient (Wildman–Crippen LogP) is 1.74. The molecule has 0 spiro atoms. The second-order valence-electron chi connectivity index (χ2n) is 5.50. The Morgan fingerprint density at radius 2 is 2.00 bits per heavy atom. The van der Waals surface area contributed by atoms with E-state index in [0.717, 1.165) is 19.3 Å². The van der Waals surface area contributed by atoms with Crippen molar-refractivity contribution < 1.29 is 19.5 Å². The van der Waals surface area contributed by atoms with Gasteiger partial charge in [-0.1, -0.05) is 26.7 Å². The van der Waals surface area contributed by atoms with E-state index in [0.29, 0.717) is 6.54 Å². The summed E-state index contributed by atoms with van der Waals surface area (Å²) in [4.78, 5) is 39.5. The molecule has 2 unspecified atom stereocenters. The number of carbonyl (C=O) groups excluding carboxylic acids is 2. The maximum Gasteiger partial charge on any atom is 0.303 e. The Morgan fingerprint density at radius 1 is 1.27 bits per heavy atom. The van der Waals surface area contributed by atoms with Crippen LogP contribution in [0.3, 0.4) is 0 Å². The minimum absolute atomic E-state index is 0.134. The lowest BCUT2D eigenvalue weighted by molar-refractivity contribution is -0.139. The van der Waals surface area contributed by atoms with Crippen LogP contribution < -0.4 is 5.32 Å². The number of hydrogen-bond donors (Lipinski definition) is 2. The molecule has 22 heavy (non-hydrogen) atoms. The molecule has 1 heterocycles. The highest BCUT2D eigenvalue weighted by atomic mass is 16.4. The van der Waals surface area contributed by atoms with Crippen LogP contribution in [0.15, 0.2) is 17.1 Å². The molecule has 2 N–H and O–H groups in total. The first kappa shape index (κ1) is 18.1. The van der Waals surface area contributed by atoms with Gasteiger partial charge >= 0.3 is 5.97 Å². The van der Waals surface area contributed by atoms with Crippen LogP contribution in [0.1, 0.15) is 46.0 Å². The molecule has 0 saturated heterocycles. The summed E-state index contributed by atoms with van der Waals surface area (Å²) in [5, 5.41) is 11.5. The minimum Gasteiger partial charge on any atom is -0.481 e. The summed E-state index contributed by atoms with van der Waals surface area (Å²) in [5.41, 5.74) is -1.26. The molecule has 2 atom stereocenters. The van der Waals surface area contributed by atoms with Crippen molar-refractivity contribution in [2.75, 3.05) is 6.54 Å². The highest BCUT2D eigenvalue weighted by molar-refractivity contribution is 6.01. The van der Waals surface area contributed by atoms with Crippen molar-refractivity contribution in [2.45, 2.75) is 51.5 Å². The maximum atomic E-state index is 12.4. The summed E-state index contributed by atoms with van der Waals surface area (Å²) in [6, 6.07) is 0. The third kappa shape index (κ3) is 4.51. The summed E-state index contributed by atoms with van der Waals surface area (Å²) in [7, 11) is 0. The van der Waals surface area contributed by atoms with Crippen molar-refractivity contribution in [1.82, 2.24) is 5.32 Å². The number of hydrogen-bond acceptors (Lipinski definition) is 4. The number of unbranched alkanes of at least 4 members (excludes halogenated alkanes) is 2. The summed E-state index contributed by atoms with van der Waals surface area (Å²) < 4.78 is 0. The largest absolute Gasteiger partial charge is 0.481 e. The Kier molecular flexibility index (Phi) is 6.95. The smallest absolute Gasteiger partial charge is 0.303 e. The molecule has 0 aromatic carbocycles. The molecular formula is C16H24N2O4. The molecule has 1 amide bonds. The van der Waals surface area contributed by atoms with Crippen LogP contribution in [-0.4, -0.2) is 41.1 Å². The van der Waals surface area contributed by atoms with Gasteiger partial charge < -0.3 is 10.4 Å². The van der Waals surface area contributed by atoms with Gasteiger partial charge in [0.05, 0.1) is 12.3 Å². The molecule has 1 rings (SSSR count). The number of ketones is 1. The number of nitrogens with zero attached hydrogens (tertiary/aromatic N) is 1. The first-order chi connectivity index (χ1) is 10.4. The zero-order valence-electron chi connectivity index (χ0n) is 13.2. The van der Waals surface area contributed by atoms with Gasteiger partial charge in [0.25, 0.3) is 0 Å². The van der Waals surface area contributed by atoms with Gasteiger partial charge in [0, 0.05) is 19.2 Å². The van der Waals surface area contributed by atoms with Gasteiger partial charge in [0.15, 0.2) is 5.78 Å². The molecular weight excluding hydrogens is 284 g/mol. The fourth-order valence-electron chi connectivity index (χ4n) is 2.42. The molecule has 1 aliphatic heterocycles. The standard InChI is InChI=1S/C16H24N2O4/c1-3-4-5-10-17-15(22)12(2)16(9-6-11-18-16)13(19)7-8-14(20)21/h6,9,11-12H,3-5,7-8,10H2,1-2H3,(H,17,22)(H,20,21). The van der Waals surface area contributed by atoms with Crippen LogP contribution in [0.4, 0.5) is 0 Å². The number of aliphatic imine (C=N–C) groups is 1. The Balaban J connectivity index is 2.71. The van der Waals surface area contributed by atoms with Crippen molar-refractivity contribution in [1.29, 1.82) is 0 Å². The van der Waals surface area contributed by atoms with Crippen molar-refractivity contribution in [3.05, 3.63) is 12.2 Å². The van der Waals surface area contributed by atoms with E-state index in [1.165, 1.54) is 6.21 Å². The van der Waals surface area contributed by atoms with Gasteiger partial charge in [0.1, 0.15) is 5.54 Å². The van der Waals surface area contributed by atoms with E-state index in [-0.39, 0.29) is 24.5 Å². The first-order valence-corrected chi connectivity index (χ1v) is 7.70. The molecule has 6 nitrogen and oxygen atoms in total. The fraction of sp³-hybridized carbons (Fsp3) is 0.625. The average Bonchev–Trinajstić information content (AvgIpc) is 2.99. The SMILES string of the molecule is CCCCCNC(=O)C(C)C1(C(=O)CCC(=O)O)C=CC=N1. The zero-order valence-corrected chi connectivity index (χ0v) is 13.2. The second kappa shape index (κ2) is 8.46. The van der Waals surface area contributed by atoms with Crippen LogP contribution in [0.5, 0.6) is 0 Å². The molecule has 6 heteroatoms. The van der Waals surface area contributed by atoms with Gasteiger partial charge in [-0.25, -0.2) is 0 Å². The number of amides is 1. The number of aliphatic carboxylic acids is 1. The number of Topliss-reactive ketones (excluding diaryl/α,β-unsaturated/α-hetero) is 1. The fourth-order valence-corrected chi connectivity index (χ4v) is 2.42. The van der Waals surface area contributed by atoms with Gasteiger partial charge in [0.2, 0.25) is 5.91 Å². The van der Waals surface area contributed by atoms with Crippen LogP contribution in [0.2, 0.25) is 0 Å². The lowest BCUT2D eigenvalue weighted by Gasteiger charge is -2.28. The van der Waals surface area contributed by atoms with Crippen LogP contribution in [0.25, 0.3) is 0 Å². The molecule has 0 aromatic rings. The summed E-state index contributed by atoms with van der Waals surface area (Å²) in [5.74, 6) is -2.27. The maximum absolute atomic E-state index is 12.4. The Bertz CT molecular complexity index is 471. The summed E-state index contributed by atoms with van der Waals surface area (Å²) >= 11 is 0. The number of carboxylic acids is 1. The molecule has 122 valence electrons. The predicted molar refractivity (Wildman–Crippen MR) is 83.9 cm³/mol.